The molecule has 0 heterocycles. The summed E-state index contributed by atoms with van der Waals surface area (Å²) in [5.41, 5.74) is 0.492. The molecule has 1 heteroatoms. The molecule has 0 spiro atoms. The van der Waals surface area contributed by atoms with Crippen molar-refractivity contribution < 1.29 is 5.11 Å². The van der Waals surface area contributed by atoms with Crippen LogP contribution in [0.1, 0.15) is 12.8 Å². The maximum Gasteiger partial charge on any atom is 0.0495 e. The van der Waals surface area contributed by atoms with Crippen LogP contribution in [0.15, 0.2) is 0 Å². The van der Waals surface area contributed by atoms with Crippen molar-refractivity contribution in [3.63, 3.8) is 0 Å². The topological polar surface area (TPSA) is 20.2 Å². The minimum absolute atomic E-state index is 0.492. The lowest BCUT2D eigenvalue weighted by Crippen LogP contribution is -2.38. The second-order valence-corrected chi connectivity index (χ2v) is 8.28. The van der Waals surface area contributed by atoms with Crippen LogP contribution >= 0.6 is 0 Å². The number of aliphatic hydroxyl groups excluding tert-OH is 1. The van der Waals surface area contributed by atoms with E-state index in [2.05, 4.69) is 0 Å². The third-order valence-corrected chi connectivity index (χ3v) is 9.25. The van der Waals surface area contributed by atoms with Gasteiger partial charge in [-0.05, 0) is 77.9 Å². The van der Waals surface area contributed by atoms with E-state index in [1.54, 1.807) is 12.8 Å². The van der Waals surface area contributed by atoms with Gasteiger partial charge < -0.3 is 5.11 Å². The van der Waals surface area contributed by atoms with Crippen LogP contribution in [0.4, 0.5) is 0 Å². The summed E-state index contributed by atoms with van der Waals surface area (Å²) < 4.78 is 0. The highest BCUT2D eigenvalue weighted by Crippen LogP contribution is 2.96. The van der Waals surface area contributed by atoms with E-state index in [1.807, 2.05) is 0 Å². The highest BCUT2D eigenvalue weighted by atomic mass is 16.3. The minimum Gasteiger partial charge on any atom is -0.396 e. The van der Waals surface area contributed by atoms with Crippen molar-refractivity contribution in [2.75, 3.05) is 6.61 Å². The third-order valence-electron chi connectivity index (χ3n) is 9.25. The van der Waals surface area contributed by atoms with Gasteiger partial charge in [-0.3, -0.25) is 0 Å². The summed E-state index contributed by atoms with van der Waals surface area (Å²) >= 11 is 0. The Bertz CT molecular complexity index is 444. The summed E-state index contributed by atoms with van der Waals surface area (Å²) in [6.45, 7) is 0.565. The second kappa shape index (κ2) is 1.66. The Balaban J connectivity index is 1.71. The van der Waals surface area contributed by atoms with E-state index in [0.717, 1.165) is 53.3 Å². The van der Waals surface area contributed by atoms with Gasteiger partial charge in [-0.2, -0.15) is 0 Å². The Labute approximate surface area is 95.6 Å². The number of aliphatic hydroxyl groups is 1. The molecule has 0 aromatic rings. The summed E-state index contributed by atoms with van der Waals surface area (Å²) in [5, 5.41) is 10.2. The molecule has 12 atom stereocenters. The zero-order valence-electron chi connectivity index (χ0n) is 9.42. The van der Waals surface area contributed by atoms with Crippen molar-refractivity contribution in [2.45, 2.75) is 12.8 Å². The smallest absolute Gasteiger partial charge is 0.0495 e. The predicted molar refractivity (Wildman–Crippen MR) is 57.1 cm³/mol. The number of hydrogen-bond acceptors (Lipinski definition) is 1. The number of hydrogen-bond donors (Lipinski definition) is 1. The molecule has 8 rings (SSSR count). The van der Waals surface area contributed by atoms with Crippen LogP contribution in [0.5, 0.6) is 0 Å². The van der Waals surface area contributed by atoms with Crippen LogP contribution in [0, 0.1) is 70.5 Å². The van der Waals surface area contributed by atoms with Crippen LogP contribution in [0.2, 0.25) is 0 Å². The summed E-state index contributed by atoms with van der Waals surface area (Å²) in [5.74, 6) is 12.1. The fraction of sp³-hybridized carbons (Fsp3) is 1.00. The standard InChI is InChI=1S/C15H18O/c16-3-15-7-2-6-9-8-4-1-5(11(8)14(6)15)13(15)10(4)12(7)9/h4-14,16H,1-3H2/t4-,5+,6-,7+,8+,9+,10-,11+,12+,13-,14-,15-/m0/s1. The normalized spacial score (nSPS) is 90.2. The molecule has 8 fully saturated rings. The van der Waals surface area contributed by atoms with E-state index in [0.29, 0.717) is 12.0 Å². The molecule has 0 aliphatic heterocycles. The molecule has 0 aromatic heterocycles. The van der Waals surface area contributed by atoms with Crippen molar-refractivity contribution in [2.24, 2.45) is 70.5 Å². The van der Waals surface area contributed by atoms with Crippen molar-refractivity contribution in [3.8, 4) is 0 Å². The average molecular weight is 214 g/mol. The molecule has 16 heavy (non-hydrogen) atoms. The molecule has 4 bridgehead atoms. The summed E-state index contributed by atoms with van der Waals surface area (Å²) in [6, 6.07) is 0. The zero-order chi connectivity index (χ0) is 9.97. The van der Waals surface area contributed by atoms with Crippen LogP contribution in [-0.2, 0) is 0 Å². The van der Waals surface area contributed by atoms with Crippen molar-refractivity contribution in [1.82, 2.24) is 0 Å². The van der Waals surface area contributed by atoms with Crippen LogP contribution in [0.3, 0.4) is 0 Å². The zero-order valence-corrected chi connectivity index (χ0v) is 9.42. The maximum atomic E-state index is 10.2. The highest BCUT2D eigenvalue weighted by Gasteiger charge is 2.92. The van der Waals surface area contributed by atoms with E-state index in [4.69, 9.17) is 0 Å². The Morgan fingerprint density at radius 3 is 2.31 bits per heavy atom. The van der Waals surface area contributed by atoms with Gasteiger partial charge in [0, 0.05) is 12.0 Å². The van der Waals surface area contributed by atoms with Crippen molar-refractivity contribution in [1.29, 1.82) is 0 Å². The van der Waals surface area contributed by atoms with Crippen molar-refractivity contribution in [3.05, 3.63) is 0 Å². The Hall–Kier alpha value is -0.0400. The van der Waals surface area contributed by atoms with Crippen molar-refractivity contribution >= 4 is 0 Å². The molecule has 0 saturated heterocycles. The lowest BCUT2D eigenvalue weighted by molar-refractivity contribution is 0.0190. The maximum absolute atomic E-state index is 10.2. The number of rotatable bonds is 1. The Morgan fingerprint density at radius 2 is 1.50 bits per heavy atom. The Morgan fingerprint density at radius 1 is 0.812 bits per heavy atom. The first-order valence-corrected chi connectivity index (χ1v) is 7.50. The third kappa shape index (κ3) is 0.358. The Kier molecular flexibility index (Phi) is 0.767. The molecule has 0 aromatic carbocycles. The molecule has 0 unspecified atom stereocenters. The largest absolute Gasteiger partial charge is 0.396 e. The van der Waals surface area contributed by atoms with Gasteiger partial charge in [0.05, 0.1) is 0 Å². The van der Waals surface area contributed by atoms with Gasteiger partial charge in [-0.25, -0.2) is 0 Å². The molecular weight excluding hydrogens is 196 g/mol. The van der Waals surface area contributed by atoms with Gasteiger partial charge in [0.1, 0.15) is 0 Å². The van der Waals surface area contributed by atoms with Crippen LogP contribution in [0.25, 0.3) is 0 Å². The van der Waals surface area contributed by atoms with Gasteiger partial charge in [0.2, 0.25) is 0 Å². The van der Waals surface area contributed by atoms with Gasteiger partial charge in [-0.15, -0.1) is 0 Å². The molecule has 0 amide bonds. The molecule has 8 saturated carbocycles. The van der Waals surface area contributed by atoms with E-state index >= 15 is 0 Å². The average Bonchev–Trinajstić information content (AvgIpc) is 2.97. The quantitative estimate of drug-likeness (QED) is 0.703. The van der Waals surface area contributed by atoms with E-state index in [9.17, 15) is 5.11 Å². The molecule has 0 radical (unpaired) electrons. The fourth-order valence-corrected chi connectivity index (χ4v) is 10.2. The molecule has 8 aliphatic rings. The summed E-state index contributed by atoms with van der Waals surface area (Å²) in [4.78, 5) is 0. The predicted octanol–water partition coefficient (Wildman–Crippen LogP) is 1.62. The van der Waals surface area contributed by atoms with Crippen LogP contribution in [-0.4, -0.2) is 11.7 Å². The van der Waals surface area contributed by atoms with Gasteiger partial charge in [-0.1, -0.05) is 0 Å². The first kappa shape index (κ1) is 7.41. The molecule has 84 valence electrons. The van der Waals surface area contributed by atoms with Gasteiger partial charge in [0.25, 0.3) is 0 Å². The van der Waals surface area contributed by atoms with E-state index in [-0.39, 0.29) is 0 Å². The van der Waals surface area contributed by atoms with E-state index in [1.165, 1.54) is 11.8 Å². The summed E-state index contributed by atoms with van der Waals surface area (Å²) in [6.07, 6.45) is 3.13. The first-order chi connectivity index (χ1) is 7.89. The van der Waals surface area contributed by atoms with Crippen LogP contribution < -0.4 is 0 Å². The highest BCUT2D eigenvalue weighted by molar-refractivity contribution is 5.39. The minimum atomic E-state index is 0.492. The molecule has 8 aliphatic carbocycles. The SMILES string of the molecule is OC[C@]12[C@H]3[C@H]4C[C@@H]1[C@@H]1[C@H]4[C@H]4[C@@H]5C[C@H]([C@H]43)[C@H]2[C@@H]51. The first-order valence-electron chi connectivity index (χ1n) is 7.50. The molecule has 1 nitrogen and oxygen atoms in total. The lowest BCUT2D eigenvalue weighted by Gasteiger charge is -2.37. The van der Waals surface area contributed by atoms with E-state index < -0.39 is 0 Å². The molecular formula is C15H18O. The second-order valence-electron chi connectivity index (χ2n) is 8.28. The molecule has 1 N–H and O–H groups in total. The van der Waals surface area contributed by atoms with Gasteiger partial charge in [0.15, 0.2) is 0 Å². The fourth-order valence-electron chi connectivity index (χ4n) is 10.2. The monoisotopic (exact) mass is 214 g/mol. The van der Waals surface area contributed by atoms with Gasteiger partial charge >= 0.3 is 0 Å². The lowest BCUT2D eigenvalue weighted by atomic mass is 9.68. The summed E-state index contributed by atoms with van der Waals surface area (Å²) in [7, 11) is 0.